The molecule has 1 atom stereocenters. The zero-order chi connectivity index (χ0) is 30.1. The summed E-state index contributed by atoms with van der Waals surface area (Å²) in [7, 11) is 5.43. The van der Waals surface area contributed by atoms with E-state index in [9.17, 15) is 14.7 Å². The number of carbonyl (C=O) groups is 2. The zero-order valence-corrected chi connectivity index (χ0v) is 25.4. The lowest BCUT2D eigenvalue weighted by Gasteiger charge is -2.27. The molecule has 1 saturated heterocycles. The minimum atomic E-state index is -0.825. The summed E-state index contributed by atoms with van der Waals surface area (Å²) >= 11 is 0. The number of hydrogen-bond acceptors (Lipinski definition) is 6. The van der Waals surface area contributed by atoms with Crippen LogP contribution < -0.4 is 19.4 Å². The lowest BCUT2D eigenvalue weighted by Crippen LogP contribution is -2.29. The second-order valence-electron chi connectivity index (χ2n) is 11.5. The van der Waals surface area contributed by atoms with E-state index in [2.05, 4.69) is 39.5 Å². The molecule has 1 fully saturated rings. The van der Waals surface area contributed by atoms with Gasteiger partial charge in [-0.2, -0.15) is 0 Å². The van der Waals surface area contributed by atoms with E-state index in [1.54, 1.807) is 6.07 Å². The molecule has 0 bridgehead atoms. The van der Waals surface area contributed by atoms with Crippen LogP contribution in [0.3, 0.4) is 0 Å². The Kier molecular flexibility index (Phi) is 8.47. The van der Waals surface area contributed by atoms with E-state index in [-0.39, 0.29) is 16.7 Å². The average molecular weight is 556 g/mol. The number of anilines is 3. The highest BCUT2D eigenvalue weighted by molar-refractivity contribution is 6.51. The van der Waals surface area contributed by atoms with Crippen LogP contribution in [0.1, 0.15) is 57.4 Å². The highest BCUT2D eigenvalue weighted by Crippen LogP contribution is 2.44. The standard InChI is InChI=1S/C34H41N3O4/c1-9-36(10-2)25-16-18-26(19-17-25)37-30(22-11-14-24(15-12-22)35(6)7)29(32(39)33(37)40)31(38)27-21-23(34(3,4)5)13-20-28(27)41-8/h11-21,30,38H,9-10H2,1-8H3/b31-29+. The Morgan fingerprint density at radius 3 is 2.00 bits per heavy atom. The molecule has 41 heavy (non-hydrogen) atoms. The maximum Gasteiger partial charge on any atom is 0.300 e. The van der Waals surface area contributed by atoms with Gasteiger partial charge in [-0.3, -0.25) is 14.5 Å². The van der Waals surface area contributed by atoms with Crippen molar-refractivity contribution >= 4 is 34.5 Å². The third-order valence-corrected chi connectivity index (χ3v) is 7.75. The molecule has 0 spiro atoms. The van der Waals surface area contributed by atoms with E-state index >= 15 is 0 Å². The molecule has 7 heteroatoms. The van der Waals surface area contributed by atoms with E-state index in [1.807, 2.05) is 79.7 Å². The highest BCUT2D eigenvalue weighted by Gasteiger charge is 2.47. The van der Waals surface area contributed by atoms with Crippen molar-refractivity contribution in [2.24, 2.45) is 0 Å². The number of aliphatic hydroxyl groups is 1. The quantitative estimate of drug-likeness (QED) is 0.194. The monoisotopic (exact) mass is 555 g/mol. The van der Waals surface area contributed by atoms with Crippen LogP contribution in [0.25, 0.3) is 5.76 Å². The topological polar surface area (TPSA) is 73.3 Å². The normalized spacial score (nSPS) is 16.7. The van der Waals surface area contributed by atoms with E-state index in [0.717, 1.165) is 35.6 Å². The number of ether oxygens (including phenoxy) is 1. The van der Waals surface area contributed by atoms with Crippen molar-refractivity contribution in [2.75, 3.05) is 49.0 Å². The zero-order valence-electron chi connectivity index (χ0n) is 25.4. The first-order valence-electron chi connectivity index (χ1n) is 14.0. The second kappa shape index (κ2) is 11.7. The molecule has 3 aromatic carbocycles. The first-order chi connectivity index (χ1) is 19.4. The number of benzene rings is 3. The fourth-order valence-corrected chi connectivity index (χ4v) is 5.29. The van der Waals surface area contributed by atoms with Crippen molar-refractivity contribution in [1.82, 2.24) is 0 Å². The molecule has 7 nitrogen and oxygen atoms in total. The Bertz CT molecular complexity index is 1450. The molecule has 0 aliphatic carbocycles. The average Bonchev–Trinajstić information content (AvgIpc) is 3.22. The fraction of sp³-hybridized carbons (Fsp3) is 0.353. The molecule has 1 heterocycles. The van der Waals surface area contributed by atoms with Crippen molar-refractivity contribution in [3.8, 4) is 5.75 Å². The number of rotatable bonds is 8. The minimum Gasteiger partial charge on any atom is -0.507 e. The minimum absolute atomic E-state index is 0.0322. The molecule has 0 aromatic heterocycles. The molecular formula is C34H41N3O4. The van der Waals surface area contributed by atoms with Crippen molar-refractivity contribution in [2.45, 2.75) is 46.1 Å². The third-order valence-electron chi connectivity index (χ3n) is 7.75. The molecule has 1 aliphatic rings. The largest absolute Gasteiger partial charge is 0.507 e. The van der Waals surface area contributed by atoms with E-state index < -0.39 is 17.7 Å². The van der Waals surface area contributed by atoms with Crippen molar-refractivity contribution < 1.29 is 19.4 Å². The summed E-state index contributed by atoms with van der Waals surface area (Å²) in [6, 6.07) is 20.1. The second-order valence-corrected chi connectivity index (χ2v) is 11.5. The number of ketones is 1. The Balaban J connectivity index is 1.94. The highest BCUT2D eigenvalue weighted by atomic mass is 16.5. The van der Waals surface area contributed by atoms with E-state index in [0.29, 0.717) is 17.0 Å². The number of Topliss-reactive ketones (excluding diaryl/α,β-unsaturated/α-hetero) is 1. The molecule has 0 radical (unpaired) electrons. The number of nitrogens with zero attached hydrogens (tertiary/aromatic N) is 3. The van der Waals surface area contributed by atoms with Crippen LogP contribution >= 0.6 is 0 Å². The molecule has 1 aliphatic heterocycles. The summed E-state index contributed by atoms with van der Waals surface area (Å²) < 4.78 is 5.59. The summed E-state index contributed by atoms with van der Waals surface area (Å²) in [5.41, 5.74) is 4.48. The molecule has 216 valence electrons. The van der Waals surface area contributed by atoms with Crippen LogP contribution in [0.15, 0.2) is 72.3 Å². The van der Waals surface area contributed by atoms with Gasteiger partial charge in [0, 0.05) is 44.2 Å². The van der Waals surface area contributed by atoms with Gasteiger partial charge in [0.1, 0.15) is 11.5 Å². The molecule has 1 amide bonds. The van der Waals surface area contributed by atoms with Gasteiger partial charge >= 0.3 is 0 Å². The van der Waals surface area contributed by atoms with Gasteiger partial charge in [-0.15, -0.1) is 0 Å². The number of hydrogen-bond donors (Lipinski definition) is 1. The van der Waals surface area contributed by atoms with Crippen LogP contribution in [0, 0.1) is 0 Å². The molecule has 1 unspecified atom stereocenters. The van der Waals surface area contributed by atoms with Crippen LogP contribution in [0.2, 0.25) is 0 Å². The maximum absolute atomic E-state index is 13.7. The van der Waals surface area contributed by atoms with Gasteiger partial charge in [-0.1, -0.05) is 39.0 Å². The van der Waals surface area contributed by atoms with Gasteiger partial charge in [-0.25, -0.2) is 0 Å². The van der Waals surface area contributed by atoms with Crippen LogP contribution in [0.4, 0.5) is 17.1 Å². The molecule has 4 rings (SSSR count). The number of aliphatic hydroxyl groups excluding tert-OH is 1. The third kappa shape index (κ3) is 5.67. The van der Waals surface area contributed by atoms with Gasteiger partial charge in [0.05, 0.1) is 24.3 Å². The molecule has 3 aromatic rings. The first-order valence-corrected chi connectivity index (χ1v) is 14.0. The van der Waals surface area contributed by atoms with Crippen LogP contribution in [-0.4, -0.2) is 51.1 Å². The van der Waals surface area contributed by atoms with E-state index in [1.165, 1.54) is 12.0 Å². The molecule has 1 N–H and O–H groups in total. The number of amides is 1. The van der Waals surface area contributed by atoms with Crippen molar-refractivity contribution in [3.05, 3.63) is 89.0 Å². The van der Waals surface area contributed by atoms with Gasteiger partial charge in [-0.05, 0) is 78.9 Å². The van der Waals surface area contributed by atoms with Crippen molar-refractivity contribution in [1.29, 1.82) is 0 Å². The van der Waals surface area contributed by atoms with Gasteiger partial charge in [0.15, 0.2) is 0 Å². The number of methoxy groups -OCH3 is 1. The summed E-state index contributed by atoms with van der Waals surface area (Å²) in [4.78, 5) is 33.1. The predicted molar refractivity (Wildman–Crippen MR) is 167 cm³/mol. The summed E-state index contributed by atoms with van der Waals surface area (Å²) in [5, 5.41) is 11.8. The molecular weight excluding hydrogens is 514 g/mol. The Labute approximate surface area is 243 Å². The Morgan fingerprint density at radius 1 is 0.902 bits per heavy atom. The SMILES string of the molecule is CCN(CC)c1ccc(N2C(=O)C(=O)/C(=C(/O)c3cc(C(C)(C)C)ccc3OC)C2c2ccc(N(C)C)cc2)cc1. The summed E-state index contributed by atoms with van der Waals surface area (Å²) in [5.74, 6) is -1.25. The molecule has 0 saturated carbocycles. The first kappa shape index (κ1) is 29.7. The van der Waals surface area contributed by atoms with Crippen LogP contribution in [0.5, 0.6) is 5.75 Å². The smallest absolute Gasteiger partial charge is 0.300 e. The number of carbonyl (C=O) groups excluding carboxylic acids is 2. The van der Waals surface area contributed by atoms with Crippen molar-refractivity contribution in [3.63, 3.8) is 0 Å². The maximum atomic E-state index is 13.7. The lowest BCUT2D eigenvalue weighted by molar-refractivity contribution is -0.132. The van der Waals surface area contributed by atoms with Gasteiger partial charge in [0.25, 0.3) is 11.7 Å². The predicted octanol–water partition coefficient (Wildman–Crippen LogP) is 6.53. The Hall–Kier alpha value is -4.26. The van der Waals surface area contributed by atoms with Gasteiger partial charge < -0.3 is 19.6 Å². The fourth-order valence-electron chi connectivity index (χ4n) is 5.29. The van der Waals surface area contributed by atoms with Crippen LogP contribution in [-0.2, 0) is 15.0 Å². The van der Waals surface area contributed by atoms with Gasteiger partial charge in [0.2, 0.25) is 0 Å². The van der Waals surface area contributed by atoms with E-state index in [4.69, 9.17) is 4.74 Å². The lowest BCUT2D eigenvalue weighted by atomic mass is 9.85. The Morgan fingerprint density at radius 2 is 1.49 bits per heavy atom. The summed E-state index contributed by atoms with van der Waals surface area (Å²) in [6.45, 7) is 12.1. The summed E-state index contributed by atoms with van der Waals surface area (Å²) in [6.07, 6.45) is 0.